The second kappa shape index (κ2) is 9.75. The van der Waals surface area contributed by atoms with E-state index in [1.165, 1.54) is 25.7 Å². The summed E-state index contributed by atoms with van der Waals surface area (Å²) in [7, 11) is 0. The molecular formula is C9H18N2O4Pt. The van der Waals surface area contributed by atoms with Crippen LogP contribution >= 0.6 is 0 Å². The maximum absolute atomic E-state index is 9.10. The van der Waals surface area contributed by atoms with Crippen molar-refractivity contribution in [1.82, 2.24) is 0 Å². The summed E-state index contributed by atoms with van der Waals surface area (Å²) in [5, 5.41) is 14.8. The van der Waals surface area contributed by atoms with Crippen LogP contribution in [0.15, 0.2) is 0 Å². The number of hydrogen-bond donors (Lipinski definition) is 4. The Hall–Kier alpha value is -0.452. The van der Waals surface area contributed by atoms with Crippen molar-refractivity contribution in [2.45, 2.75) is 31.7 Å². The van der Waals surface area contributed by atoms with Gasteiger partial charge in [0.25, 0.3) is 0 Å². The van der Waals surface area contributed by atoms with Gasteiger partial charge in [0.15, 0.2) is 0 Å². The van der Waals surface area contributed by atoms with Gasteiger partial charge in [-0.3, -0.25) is 0 Å². The van der Waals surface area contributed by atoms with Crippen LogP contribution in [0.25, 0.3) is 0 Å². The van der Waals surface area contributed by atoms with Crippen LogP contribution < -0.4 is 11.5 Å². The first kappa shape index (κ1) is 17.9. The van der Waals surface area contributed by atoms with Gasteiger partial charge >= 0.3 is 11.9 Å². The van der Waals surface area contributed by atoms with E-state index in [9.17, 15) is 0 Å². The molecule has 1 aliphatic rings. The number of hydrogen-bond acceptors (Lipinski definition) is 4. The minimum atomic E-state index is -1.82. The zero-order valence-electron chi connectivity index (χ0n) is 8.87. The van der Waals surface area contributed by atoms with Gasteiger partial charge in [-0.2, -0.15) is 0 Å². The summed E-state index contributed by atoms with van der Waals surface area (Å²) in [6.07, 6.45) is 5.06. The largest absolute Gasteiger partial charge is 0.473 e. The minimum absolute atomic E-state index is 0. The Morgan fingerprint density at radius 3 is 1.81 bits per heavy atom. The Morgan fingerprint density at radius 1 is 1.12 bits per heavy atom. The second-order valence-electron chi connectivity index (χ2n) is 3.55. The van der Waals surface area contributed by atoms with E-state index in [2.05, 4.69) is 0 Å². The van der Waals surface area contributed by atoms with Crippen molar-refractivity contribution in [2.75, 3.05) is 6.54 Å². The predicted octanol–water partition coefficient (Wildman–Crippen LogP) is -0.384. The van der Waals surface area contributed by atoms with Crippen LogP contribution in [0.4, 0.5) is 0 Å². The van der Waals surface area contributed by atoms with E-state index in [1.807, 2.05) is 0 Å². The Bertz CT molecular complexity index is 214. The minimum Gasteiger partial charge on any atom is -0.473 e. The van der Waals surface area contributed by atoms with Gasteiger partial charge in [-0.25, -0.2) is 9.59 Å². The maximum Gasteiger partial charge on any atom is 0.414 e. The summed E-state index contributed by atoms with van der Waals surface area (Å²) in [6.45, 7) is 0.779. The molecule has 6 N–H and O–H groups in total. The quantitative estimate of drug-likeness (QED) is 0.434. The fourth-order valence-corrected chi connectivity index (χ4v) is 1.53. The Morgan fingerprint density at radius 2 is 1.56 bits per heavy atom. The average molecular weight is 413 g/mol. The van der Waals surface area contributed by atoms with Crippen LogP contribution in [0.3, 0.4) is 0 Å². The zero-order valence-corrected chi connectivity index (χ0v) is 11.1. The standard InChI is InChI=1S/C7H16N2.C2H2O4.Pt/c8-5-6-3-1-2-4-7(6)9;3-1(4)2(5)6;/h6-7H,1-5,8-9H2;(H,3,4)(H,5,6);. The molecule has 16 heavy (non-hydrogen) atoms. The topological polar surface area (TPSA) is 127 Å². The molecule has 0 heterocycles. The molecule has 0 aromatic heterocycles. The second-order valence-corrected chi connectivity index (χ2v) is 3.55. The van der Waals surface area contributed by atoms with Crippen molar-refractivity contribution in [3.05, 3.63) is 0 Å². The number of aliphatic carboxylic acids is 2. The molecule has 2 atom stereocenters. The third kappa shape index (κ3) is 7.79. The van der Waals surface area contributed by atoms with Crippen LogP contribution in [-0.2, 0) is 30.7 Å². The molecule has 98 valence electrons. The molecule has 0 aromatic rings. The summed E-state index contributed by atoms with van der Waals surface area (Å²) in [5.41, 5.74) is 11.3. The van der Waals surface area contributed by atoms with Gasteiger partial charge in [0, 0.05) is 27.1 Å². The summed E-state index contributed by atoms with van der Waals surface area (Å²) >= 11 is 0. The summed E-state index contributed by atoms with van der Waals surface area (Å²) < 4.78 is 0. The van der Waals surface area contributed by atoms with Gasteiger partial charge in [-0.05, 0) is 25.3 Å². The fraction of sp³-hybridized carbons (Fsp3) is 0.778. The normalized spacial score (nSPS) is 23.4. The first-order valence-electron chi connectivity index (χ1n) is 4.91. The molecule has 0 bridgehead atoms. The molecule has 0 saturated heterocycles. The van der Waals surface area contributed by atoms with E-state index in [-0.39, 0.29) is 21.1 Å². The van der Waals surface area contributed by atoms with Gasteiger partial charge < -0.3 is 21.7 Å². The van der Waals surface area contributed by atoms with Crippen LogP contribution in [-0.4, -0.2) is 34.7 Å². The van der Waals surface area contributed by atoms with Crippen molar-refractivity contribution >= 4 is 11.9 Å². The smallest absolute Gasteiger partial charge is 0.414 e. The molecule has 0 aromatic carbocycles. The van der Waals surface area contributed by atoms with Gasteiger partial charge in [0.1, 0.15) is 0 Å². The molecule has 1 saturated carbocycles. The predicted molar refractivity (Wildman–Crippen MR) is 54.3 cm³/mol. The molecule has 2 unspecified atom stereocenters. The molecule has 1 aliphatic carbocycles. The Labute approximate surface area is 109 Å². The number of carbonyl (C=O) groups is 2. The van der Waals surface area contributed by atoms with Crippen molar-refractivity contribution in [3.8, 4) is 0 Å². The fourth-order valence-electron chi connectivity index (χ4n) is 1.53. The number of carboxylic acids is 2. The average Bonchev–Trinajstić information content (AvgIpc) is 2.19. The van der Waals surface area contributed by atoms with E-state index in [4.69, 9.17) is 31.3 Å². The van der Waals surface area contributed by atoms with E-state index in [0.29, 0.717) is 12.0 Å². The van der Waals surface area contributed by atoms with Crippen molar-refractivity contribution < 1.29 is 40.9 Å². The number of rotatable bonds is 1. The van der Waals surface area contributed by atoms with Crippen molar-refractivity contribution in [1.29, 1.82) is 0 Å². The zero-order chi connectivity index (χ0) is 11.8. The molecule has 7 heteroatoms. The van der Waals surface area contributed by atoms with Gasteiger partial charge in [-0.1, -0.05) is 12.8 Å². The summed E-state index contributed by atoms with van der Waals surface area (Å²) in [5.74, 6) is -3.04. The van der Waals surface area contributed by atoms with E-state index in [1.54, 1.807) is 0 Å². The maximum atomic E-state index is 9.10. The first-order chi connectivity index (χ1) is 6.99. The third-order valence-corrected chi connectivity index (χ3v) is 2.45. The SMILES string of the molecule is NCC1CCCCC1N.O=C(O)C(=O)O.[Pt]. The molecule has 1 fully saturated rings. The van der Waals surface area contributed by atoms with Gasteiger partial charge in [0.05, 0.1) is 0 Å². The molecule has 0 spiro atoms. The van der Waals surface area contributed by atoms with Crippen LogP contribution in [0, 0.1) is 5.92 Å². The molecule has 0 radical (unpaired) electrons. The molecule has 0 aliphatic heterocycles. The van der Waals surface area contributed by atoms with Crippen molar-refractivity contribution in [2.24, 2.45) is 17.4 Å². The molecular weight excluding hydrogens is 395 g/mol. The number of nitrogens with two attached hydrogens (primary N) is 2. The van der Waals surface area contributed by atoms with Crippen LogP contribution in [0.5, 0.6) is 0 Å². The van der Waals surface area contributed by atoms with Gasteiger partial charge in [0.2, 0.25) is 0 Å². The first-order valence-corrected chi connectivity index (χ1v) is 4.91. The Kier molecular flexibility index (Phi) is 10.9. The van der Waals surface area contributed by atoms with Crippen LogP contribution in [0.2, 0.25) is 0 Å². The summed E-state index contributed by atoms with van der Waals surface area (Å²) in [4.78, 5) is 18.2. The third-order valence-electron chi connectivity index (χ3n) is 2.45. The molecule has 6 nitrogen and oxygen atoms in total. The van der Waals surface area contributed by atoms with Crippen molar-refractivity contribution in [3.63, 3.8) is 0 Å². The van der Waals surface area contributed by atoms with Crippen LogP contribution in [0.1, 0.15) is 25.7 Å². The van der Waals surface area contributed by atoms with E-state index < -0.39 is 11.9 Å². The van der Waals surface area contributed by atoms with E-state index in [0.717, 1.165) is 6.54 Å². The molecule has 0 amide bonds. The summed E-state index contributed by atoms with van der Waals surface area (Å²) in [6, 6.07) is 0.392. The van der Waals surface area contributed by atoms with Gasteiger partial charge in [-0.15, -0.1) is 0 Å². The number of carboxylic acid groups (broad SMARTS) is 2. The molecule has 1 rings (SSSR count). The monoisotopic (exact) mass is 413 g/mol. The Balaban J connectivity index is 0. The van der Waals surface area contributed by atoms with E-state index >= 15 is 0 Å².